The Bertz CT molecular complexity index is 650. The summed E-state index contributed by atoms with van der Waals surface area (Å²) in [6, 6.07) is 11.6. The van der Waals surface area contributed by atoms with E-state index in [0.29, 0.717) is 6.61 Å². The van der Waals surface area contributed by atoms with Gasteiger partial charge in [0.25, 0.3) is 0 Å². The zero-order valence-corrected chi connectivity index (χ0v) is 13.9. The van der Waals surface area contributed by atoms with Crippen LogP contribution in [-0.2, 0) is 4.79 Å². The summed E-state index contributed by atoms with van der Waals surface area (Å²) in [6.45, 7) is 4.38. The number of carbonyl (C=O) groups is 1. The standard InChI is InChI=1S/C19H23N3O2/c1-2-24-18-5-3-16(4-6-18)21-19(23)15-9-13-22(14-10-15)17-7-11-20-12-8-17/h3-8,11-12,15H,2,9-10,13-14H2,1H3,(H,21,23). The van der Waals surface area contributed by atoms with Crippen LogP contribution in [0.1, 0.15) is 19.8 Å². The molecule has 1 fully saturated rings. The molecule has 5 heteroatoms. The normalized spacial score (nSPS) is 15.1. The van der Waals surface area contributed by atoms with Gasteiger partial charge in [0.1, 0.15) is 5.75 Å². The third-order valence-electron chi connectivity index (χ3n) is 4.33. The van der Waals surface area contributed by atoms with Crippen molar-refractivity contribution in [2.75, 3.05) is 29.9 Å². The Hall–Kier alpha value is -2.56. The van der Waals surface area contributed by atoms with E-state index in [-0.39, 0.29) is 11.8 Å². The number of pyridine rings is 1. The Morgan fingerprint density at radius 2 is 1.83 bits per heavy atom. The maximum atomic E-state index is 12.5. The molecule has 24 heavy (non-hydrogen) atoms. The highest BCUT2D eigenvalue weighted by Gasteiger charge is 2.25. The second kappa shape index (κ2) is 7.81. The summed E-state index contributed by atoms with van der Waals surface area (Å²) in [5.41, 5.74) is 2.00. The summed E-state index contributed by atoms with van der Waals surface area (Å²) >= 11 is 0. The molecule has 0 bridgehead atoms. The number of nitrogens with one attached hydrogen (secondary N) is 1. The maximum absolute atomic E-state index is 12.5. The van der Waals surface area contributed by atoms with E-state index in [1.807, 2.05) is 43.3 Å². The highest BCUT2D eigenvalue weighted by atomic mass is 16.5. The molecule has 1 aliphatic rings. The van der Waals surface area contributed by atoms with Gasteiger partial charge in [0, 0.05) is 42.8 Å². The van der Waals surface area contributed by atoms with Gasteiger partial charge in [0.05, 0.1) is 6.61 Å². The van der Waals surface area contributed by atoms with Gasteiger partial charge in [0.2, 0.25) is 5.91 Å². The van der Waals surface area contributed by atoms with Crippen molar-refractivity contribution >= 4 is 17.3 Å². The minimum atomic E-state index is 0.0645. The Kier molecular flexibility index (Phi) is 5.31. The van der Waals surface area contributed by atoms with Gasteiger partial charge in [-0.15, -0.1) is 0 Å². The van der Waals surface area contributed by atoms with Crippen LogP contribution in [0.25, 0.3) is 0 Å². The molecule has 1 aliphatic heterocycles. The van der Waals surface area contributed by atoms with Crippen LogP contribution in [0.4, 0.5) is 11.4 Å². The highest BCUT2D eigenvalue weighted by Crippen LogP contribution is 2.24. The number of nitrogens with zero attached hydrogens (tertiary/aromatic N) is 2. The molecule has 1 amide bonds. The number of rotatable bonds is 5. The summed E-state index contributed by atoms with van der Waals surface area (Å²) < 4.78 is 5.41. The molecule has 0 atom stereocenters. The molecule has 126 valence electrons. The van der Waals surface area contributed by atoms with Crippen LogP contribution in [0.15, 0.2) is 48.8 Å². The van der Waals surface area contributed by atoms with Crippen LogP contribution in [-0.4, -0.2) is 30.6 Å². The molecule has 1 N–H and O–H groups in total. The molecule has 0 aliphatic carbocycles. The van der Waals surface area contributed by atoms with Gasteiger partial charge in [-0.25, -0.2) is 0 Å². The first-order valence-electron chi connectivity index (χ1n) is 8.45. The fourth-order valence-corrected chi connectivity index (χ4v) is 3.00. The van der Waals surface area contributed by atoms with Gasteiger partial charge >= 0.3 is 0 Å². The van der Waals surface area contributed by atoms with Crippen molar-refractivity contribution in [3.63, 3.8) is 0 Å². The predicted molar refractivity (Wildman–Crippen MR) is 95.4 cm³/mol. The van der Waals surface area contributed by atoms with Crippen LogP contribution in [0.3, 0.4) is 0 Å². The molecule has 0 spiro atoms. The molecule has 2 heterocycles. The van der Waals surface area contributed by atoms with Crippen molar-refractivity contribution in [2.24, 2.45) is 5.92 Å². The number of ether oxygens (including phenoxy) is 1. The smallest absolute Gasteiger partial charge is 0.227 e. The molecule has 1 aromatic heterocycles. The first-order chi connectivity index (χ1) is 11.8. The van der Waals surface area contributed by atoms with Crippen LogP contribution >= 0.6 is 0 Å². The molecular weight excluding hydrogens is 302 g/mol. The fourth-order valence-electron chi connectivity index (χ4n) is 3.00. The first kappa shape index (κ1) is 16.3. The average Bonchev–Trinajstić information content (AvgIpc) is 2.64. The Balaban J connectivity index is 1.51. The fraction of sp³-hybridized carbons (Fsp3) is 0.368. The quantitative estimate of drug-likeness (QED) is 0.916. The molecule has 1 aromatic carbocycles. The van der Waals surface area contributed by atoms with E-state index in [4.69, 9.17) is 4.74 Å². The monoisotopic (exact) mass is 325 g/mol. The zero-order valence-electron chi connectivity index (χ0n) is 13.9. The highest BCUT2D eigenvalue weighted by molar-refractivity contribution is 5.92. The van der Waals surface area contributed by atoms with Crippen molar-refractivity contribution in [1.82, 2.24) is 4.98 Å². The summed E-state index contributed by atoms with van der Waals surface area (Å²) in [6.07, 6.45) is 5.34. The van der Waals surface area contributed by atoms with Crippen molar-refractivity contribution in [3.8, 4) is 5.75 Å². The molecule has 0 saturated carbocycles. The van der Waals surface area contributed by atoms with E-state index in [1.54, 1.807) is 12.4 Å². The van der Waals surface area contributed by atoms with Gasteiger partial charge in [0.15, 0.2) is 0 Å². The predicted octanol–water partition coefficient (Wildman–Crippen LogP) is 3.34. The largest absolute Gasteiger partial charge is 0.494 e. The van der Waals surface area contributed by atoms with E-state index in [0.717, 1.165) is 37.4 Å². The summed E-state index contributed by atoms with van der Waals surface area (Å²) in [7, 11) is 0. The zero-order chi connectivity index (χ0) is 16.8. The minimum absolute atomic E-state index is 0.0645. The van der Waals surface area contributed by atoms with E-state index in [9.17, 15) is 4.79 Å². The van der Waals surface area contributed by atoms with E-state index in [2.05, 4.69) is 15.2 Å². The van der Waals surface area contributed by atoms with Crippen molar-refractivity contribution in [2.45, 2.75) is 19.8 Å². The number of anilines is 2. The van der Waals surface area contributed by atoms with Crippen molar-refractivity contribution < 1.29 is 9.53 Å². The van der Waals surface area contributed by atoms with E-state index < -0.39 is 0 Å². The number of hydrogen-bond donors (Lipinski definition) is 1. The third-order valence-corrected chi connectivity index (χ3v) is 4.33. The van der Waals surface area contributed by atoms with E-state index in [1.165, 1.54) is 5.69 Å². The van der Waals surface area contributed by atoms with Gasteiger partial charge < -0.3 is 15.0 Å². The summed E-state index contributed by atoms with van der Waals surface area (Å²) in [5, 5.41) is 3.01. The average molecular weight is 325 g/mol. The topological polar surface area (TPSA) is 54.5 Å². The van der Waals surface area contributed by atoms with Gasteiger partial charge in [-0.05, 0) is 56.2 Å². The lowest BCUT2D eigenvalue weighted by Gasteiger charge is -2.32. The number of hydrogen-bond acceptors (Lipinski definition) is 4. The maximum Gasteiger partial charge on any atom is 0.227 e. The molecule has 5 nitrogen and oxygen atoms in total. The lowest BCUT2D eigenvalue weighted by Crippen LogP contribution is -2.38. The van der Waals surface area contributed by atoms with Crippen molar-refractivity contribution in [1.29, 1.82) is 0 Å². The second-order valence-electron chi connectivity index (χ2n) is 5.91. The molecule has 1 saturated heterocycles. The number of aromatic nitrogens is 1. The van der Waals surface area contributed by atoms with Gasteiger partial charge in [-0.2, -0.15) is 0 Å². The lowest BCUT2D eigenvalue weighted by molar-refractivity contribution is -0.120. The molecule has 2 aromatic rings. The number of carbonyl (C=O) groups excluding carboxylic acids is 1. The second-order valence-corrected chi connectivity index (χ2v) is 5.91. The van der Waals surface area contributed by atoms with Crippen LogP contribution < -0.4 is 15.0 Å². The Morgan fingerprint density at radius 1 is 1.17 bits per heavy atom. The van der Waals surface area contributed by atoms with Gasteiger partial charge in [-0.3, -0.25) is 9.78 Å². The molecular formula is C19H23N3O2. The summed E-state index contributed by atoms with van der Waals surface area (Å²) in [4.78, 5) is 18.8. The van der Waals surface area contributed by atoms with Gasteiger partial charge in [-0.1, -0.05) is 0 Å². The Morgan fingerprint density at radius 3 is 2.46 bits per heavy atom. The SMILES string of the molecule is CCOc1ccc(NC(=O)C2CCN(c3ccncc3)CC2)cc1. The lowest BCUT2D eigenvalue weighted by atomic mass is 9.95. The first-order valence-corrected chi connectivity index (χ1v) is 8.45. The number of amides is 1. The number of piperidine rings is 1. The van der Waals surface area contributed by atoms with Crippen molar-refractivity contribution in [3.05, 3.63) is 48.8 Å². The van der Waals surface area contributed by atoms with E-state index >= 15 is 0 Å². The van der Waals surface area contributed by atoms with Crippen LogP contribution in [0.2, 0.25) is 0 Å². The number of benzene rings is 1. The third kappa shape index (κ3) is 4.04. The molecule has 0 radical (unpaired) electrons. The molecule has 3 rings (SSSR count). The van der Waals surface area contributed by atoms with Crippen LogP contribution in [0.5, 0.6) is 5.75 Å². The van der Waals surface area contributed by atoms with Crippen LogP contribution in [0, 0.1) is 5.92 Å². The summed E-state index contributed by atoms with van der Waals surface area (Å²) in [5.74, 6) is 0.990. The molecule has 0 unspecified atom stereocenters. The minimum Gasteiger partial charge on any atom is -0.494 e. The Labute approximate surface area is 142 Å².